The van der Waals surface area contributed by atoms with Gasteiger partial charge in [0.1, 0.15) is 0 Å². The molecule has 2 amide bonds. The molecule has 0 spiro atoms. The Balaban J connectivity index is 2.21. The number of nitrogens with one attached hydrogen (secondary N) is 2. The number of amides is 2. The van der Waals surface area contributed by atoms with Gasteiger partial charge in [-0.3, -0.25) is 9.78 Å². The Morgan fingerprint density at radius 3 is 2.83 bits per heavy atom. The second kappa shape index (κ2) is 7.26. The van der Waals surface area contributed by atoms with E-state index in [1.54, 1.807) is 12.4 Å². The SMILES string of the molecule is Cc1cnccc1CNC(=O)NCCCC(=O)O. The average Bonchev–Trinajstić information content (AvgIpc) is 2.33. The molecule has 0 atom stereocenters. The lowest BCUT2D eigenvalue weighted by Gasteiger charge is -2.08. The molecule has 1 aromatic heterocycles. The summed E-state index contributed by atoms with van der Waals surface area (Å²) < 4.78 is 0. The van der Waals surface area contributed by atoms with Gasteiger partial charge in [0.05, 0.1) is 0 Å². The van der Waals surface area contributed by atoms with Crippen molar-refractivity contribution in [2.45, 2.75) is 26.3 Å². The quantitative estimate of drug-likeness (QED) is 0.659. The normalized spacial score (nSPS) is 9.83. The first-order valence-corrected chi connectivity index (χ1v) is 5.72. The number of hydrogen-bond donors (Lipinski definition) is 3. The van der Waals surface area contributed by atoms with Gasteiger partial charge in [-0.25, -0.2) is 4.79 Å². The van der Waals surface area contributed by atoms with Gasteiger partial charge < -0.3 is 15.7 Å². The number of aryl methyl sites for hydroxylation is 1. The molecule has 0 saturated heterocycles. The molecule has 98 valence electrons. The molecule has 0 saturated carbocycles. The van der Waals surface area contributed by atoms with Crippen LogP contribution in [0.4, 0.5) is 4.79 Å². The number of rotatable bonds is 6. The summed E-state index contributed by atoms with van der Waals surface area (Å²) in [6.07, 6.45) is 3.90. The molecule has 0 aromatic carbocycles. The summed E-state index contributed by atoms with van der Waals surface area (Å²) in [6.45, 7) is 2.71. The summed E-state index contributed by atoms with van der Waals surface area (Å²) in [4.78, 5) is 25.6. The first-order valence-electron chi connectivity index (χ1n) is 5.72. The largest absolute Gasteiger partial charge is 0.481 e. The van der Waals surface area contributed by atoms with Crippen molar-refractivity contribution < 1.29 is 14.7 Å². The number of aliphatic carboxylic acids is 1. The maximum Gasteiger partial charge on any atom is 0.315 e. The van der Waals surface area contributed by atoms with Crippen LogP contribution in [0.2, 0.25) is 0 Å². The standard InChI is InChI=1S/C12H17N3O3/c1-9-7-13-6-4-10(9)8-15-12(18)14-5-2-3-11(16)17/h4,6-7H,2-3,5,8H2,1H3,(H,16,17)(H2,14,15,18). The molecular formula is C12H17N3O3. The second-order valence-corrected chi connectivity index (χ2v) is 3.91. The first-order chi connectivity index (χ1) is 8.59. The lowest BCUT2D eigenvalue weighted by molar-refractivity contribution is -0.137. The van der Waals surface area contributed by atoms with Crippen molar-refractivity contribution in [1.82, 2.24) is 15.6 Å². The Morgan fingerprint density at radius 2 is 2.17 bits per heavy atom. The fraction of sp³-hybridized carbons (Fsp3) is 0.417. The predicted molar refractivity (Wildman–Crippen MR) is 66.1 cm³/mol. The number of urea groups is 1. The third-order valence-corrected chi connectivity index (χ3v) is 2.43. The van der Waals surface area contributed by atoms with E-state index >= 15 is 0 Å². The topological polar surface area (TPSA) is 91.3 Å². The first kappa shape index (κ1) is 14.0. The van der Waals surface area contributed by atoms with Crippen molar-refractivity contribution in [1.29, 1.82) is 0 Å². The maximum atomic E-state index is 11.4. The number of nitrogens with zero attached hydrogens (tertiary/aromatic N) is 1. The molecule has 0 unspecified atom stereocenters. The average molecular weight is 251 g/mol. The summed E-state index contributed by atoms with van der Waals surface area (Å²) in [7, 11) is 0. The summed E-state index contributed by atoms with van der Waals surface area (Å²) in [5, 5.41) is 13.7. The van der Waals surface area contributed by atoms with Gasteiger partial charge >= 0.3 is 12.0 Å². The van der Waals surface area contributed by atoms with Crippen LogP contribution >= 0.6 is 0 Å². The third kappa shape index (κ3) is 5.29. The van der Waals surface area contributed by atoms with E-state index in [2.05, 4.69) is 15.6 Å². The highest BCUT2D eigenvalue weighted by molar-refractivity contribution is 5.74. The van der Waals surface area contributed by atoms with Crippen LogP contribution in [-0.4, -0.2) is 28.6 Å². The molecule has 18 heavy (non-hydrogen) atoms. The van der Waals surface area contributed by atoms with E-state index in [-0.39, 0.29) is 12.5 Å². The number of carbonyl (C=O) groups is 2. The Kier molecular flexibility index (Phi) is 5.63. The zero-order valence-electron chi connectivity index (χ0n) is 10.3. The summed E-state index contributed by atoms with van der Waals surface area (Å²) in [5.41, 5.74) is 2.02. The van der Waals surface area contributed by atoms with E-state index < -0.39 is 5.97 Å². The van der Waals surface area contributed by atoms with Crippen LogP contribution in [0.1, 0.15) is 24.0 Å². The molecule has 6 heteroatoms. The van der Waals surface area contributed by atoms with E-state index in [0.29, 0.717) is 19.5 Å². The summed E-state index contributed by atoms with van der Waals surface area (Å²) in [5.74, 6) is -0.857. The van der Waals surface area contributed by atoms with Gasteiger partial charge in [-0.05, 0) is 30.5 Å². The fourth-order valence-corrected chi connectivity index (χ4v) is 1.38. The maximum absolute atomic E-state index is 11.4. The lowest BCUT2D eigenvalue weighted by Crippen LogP contribution is -2.35. The van der Waals surface area contributed by atoms with Gasteiger partial charge in [0.15, 0.2) is 0 Å². The number of carboxylic acids is 1. The number of pyridine rings is 1. The molecule has 0 radical (unpaired) electrons. The van der Waals surface area contributed by atoms with Crippen LogP contribution in [-0.2, 0) is 11.3 Å². The van der Waals surface area contributed by atoms with Crippen LogP contribution in [0.15, 0.2) is 18.5 Å². The molecule has 1 heterocycles. The molecule has 6 nitrogen and oxygen atoms in total. The van der Waals surface area contributed by atoms with E-state index in [4.69, 9.17) is 5.11 Å². The Labute approximate surface area is 105 Å². The van der Waals surface area contributed by atoms with Crippen molar-refractivity contribution in [2.75, 3.05) is 6.54 Å². The molecule has 0 aliphatic rings. The van der Waals surface area contributed by atoms with Crippen molar-refractivity contribution in [3.8, 4) is 0 Å². The minimum absolute atomic E-state index is 0.0593. The second-order valence-electron chi connectivity index (χ2n) is 3.91. The Hall–Kier alpha value is -2.11. The lowest BCUT2D eigenvalue weighted by atomic mass is 10.1. The zero-order chi connectivity index (χ0) is 13.4. The molecule has 0 bridgehead atoms. The van der Waals surface area contributed by atoms with E-state index in [0.717, 1.165) is 11.1 Å². The predicted octanol–water partition coefficient (Wildman–Crippen LogP) is 1.05. The van der Waals surface area contributed by atoms with Crippen LogP contribution in [0.25, 0.3) is 0 Å². The Bertz CT molecular complexity index is 421. The van der Waals surface area contributed by atoms with Gasteiger partial charge in [0.2, 0.25) is 0 Å². The minimum atomic E-state index is -0.857. The van der Waals surface area contributed by atoms with Crippen molar-refractivity contribution in [3.05, 3.63) is 29.6 Å². The van der Waals surface area contributed by atoms with Gasteiger partial charge in [0.25, 0.3) is 0 Å². The Morgan fingerprint density at radius 1 is 1.39 bits per heavy atom. The highest BCUT2D eigenvalue weighted by atomic mass is 16.4. The third-order valence-electron chi connectivity index (χ3n) is 2.43. The molecule has 1 aromatic rings. The number of aromatic nitrogens is 1. The van der Waals surface area contributed by atoms with Gasteiger partial charge in [-0.1, -0.05) is 0 Å². The van der Waals surface area contributed by atoms with Crippen molar-refractivity contribution >= 4 is 12.0 Å². The van der Waals surface area contributed by atoms with Crippen LogP contribution < -0.4 is 10.6 Å². The molecule has 1 rings (SSSR count). The molecule has 0 aliphatic heterocycles. The smallest absolute Gasteiger partial charge is 0.315 e. The van der Waals surface area contributed by atoms with Gasteiger partial charge in [0, 0.05) is 31.9 Å². The molecule has 0 fully saturated rings. The van der Waals surface area contributed by atoms with E-state index in [1.165, 1.54) is 0 Å². The van der Waals surface area contributed by atoms with Crippen LogP contribution in [0.3, 0.4) is 0 Å². The molecular weight excluding hydrogens is 234 g/mol. The minimum Gasteiger partial charge on any atom is -0.481 e. The van der Waals surface area contributed by atoms with Crippen LogP contribution in [0.5, 0.6) is 0 Å². The highest BCUT2D eigenvalue weighted by Gasteiger charge is 2.02. The highest BCUT2D eigenvalue weighted by Crippen LogP contribution is 2.03. The van der Waals surface area contributed by atoms with Gasteiger partial charge in [-0.15, -0.1) is 0 Å². The fourth-order valence-electron chi connectivity index (χ4n) is 1.38. The summed E-state index contributed by atoms with van der Waals surface area (Å²) in [6, 6.07) is 1.55. The zero-order valence-corrected chi connectivity index (χ0v) is 10.3. The van der Waals surface area contributed by atoms with E-state index in [9.17, 15) is 9.59 Å². The van der Waals surface area contributed by atoms with Crippen molar-refractivity contribution in [3.63, 3.8) is 0 Å². The van der Waals surface area contributed by atoms with Crippen LogP contribution in [0, 0.1) is 6.92 Å². The van der Waals surface area contributed by atoms with Crippen molar-refractivity contribution in [2.24, 2.45) is 0 Å². The number of carboxylic acid groups (broad SMARTS) is 1. The number of carbonyl (C=O) groups excluding carboxylic acids is 1. The number of hydrogen-bond acceptors (Lipinski definition) is 3. The van der Waals surface area contributed by atoms with Gasteiger partial charge in [-0.2, -0.15) is 0 Å². The van der Waals surface area contributed by atoms with E-state index in [1.807, 2.05) is 13.0 Å². The summed E-state index contributed by atoms with van der Waals surface area (Å²) >= 11 is 0. The molecule has 0 aliphatic carbocycles. The molecule has 3 N–H and O–H groups in total. The monoisotopic (exact) mass is 251 g/mol.